The molecule has 0 amide bonds. The van der Waals surface area contributed by atoms with Crippen LogP contribution in [0, 0.1) is 6.33 Å². The molecule has 1 aromatic heterocycles. The van der Waals surface area contributed by atoms with E-state index in [9.17, 15) is 0 Å². The van der Waals surface area contributed by atoms with E-state index in [2.05, 4.69) is 40.6 Å². The second-order valence-electron chi connectivity index (χ2n) is 3.73. The van der Waals surface area contributed by atoms with Crippen LogP contribution >= 0.6 is 0 Å². The lowest BCUT2D eigenvalue weighted by atomic mass is 9.99. The molecule has 69 valence electrons. The van der Waals surface area contributed by atoms with Crippen LogP contribution in [0.1, 0.15) is 29.2 Å². The smallest absolute Gasteiger partial charge is 0.173 e. The molecule has 1 radical (unpaired) electrons. The minimum absolute atomic E-state index is 0.480. The fourth-order valence-electron chi connectivity index (χ4n) is 2.28. The summed E-state index contributed by atoms with van der Waals surface area (Å²) in [6, 6.07) is 8.64. The first-order chi connectivity index (χ1) is 6.95. The van der Waals surface area contributed by atoms with Crippen molar-refractivity contribution in [1.29, 1.82) is 0 Å². The summed E-state index contributed by atoms with van der Waals surface area (Å²) in [5.74, 6) is 0.480. The van der Waals surface area contributed by atoms with Gasteiger partial charge in [0.2, 0.25) is 0 Å². The number of nitrogens with one attached hydrogen (secondary N) is 1. The molecule has 3 rings (SSSR count). The van der Waals surface area contributed by atoms with E-state index in [1.54, 1.807) is 0 Å². The molecule has 1 aliphatic carbocycles. The first kappa shape index (κ1) is 7.80. The van der Waals surface area contributed by atoms with Crippen molar-refractivity contribution in [3.05, 3.63) is 53.6 Å². The Balaban J connectivity index is 2.06. The highest BCUT2D eigenvalue weighted by molar-refractivity contribution is 5.39. The molecule has 2 aromatic rings. The molecule has 2 nitrogen and oxygen atoms in total. The van der Waals surface area contributed by atoms with Crippen molar-refractivity contribution in [1.82, 2.24) is 9.97 Å². The summed E-state index contributed by atoms with van der Waals surface area (Å²) in [7, 11) is 0. The third kappa shape index (κ3) is 1.07. The zero-order valence-electron chi connectivity index (χ0n) is 7.83. The molecule has 0 saturated carbocycles. The lowest BCUT2D eigenvalue weighted by molar-refractivity contribution is 0.766. The van der Waals surface area contributed by atoms with Gasteiger partial charge in [-0.05, 0) is 24.0 Å². The van der Waals surface area contributed by atoms with Gasteiger partial charge in [0, 0.05) is 12.1 Å². The highest BCUT2D eigenvalue weighted by Crippen LogP contribution is 2.36. The molecule has 14 heavy (non-hydrogen) atoms. The fourth-order valence-corrected chi connectivity index (χ4v) is 2.28. The van der Waals surface area contributed by atoms with Crippen LogP contribution in [0.25, 0.3) is 0 Å². The average molecular weight is 183 g/mol. The third-order valence-electron chi connectivity index (χ3n) is 2.96. The van der Waals surface area contributed by atoms with Crippen LogP contribution in [0.5, 0.6) is 0 Å². The van der Waals surface area contributed by atoms with E-state index < -0.39 is 0 Å². The van der Waals surface area contributed by atoms with E-state index in [4.69, 9.17) is 0 Å². The summed E-state index contributed by atoms with van der Waals surface area (Å²) in [6.07, 6.45) is 7.07. The number of aromatic nitrogens is 2. The minimum atomic E-state index is 0.480. The van der Waals surface area contributed by atoms with E-state index in [0.29, 0.717) is 5.92 Å². The van der Waals surface area contributed by atoms with Crippen LogP contribution in [0.3, 0.4) is 0 Å². The van der Waals surface area contributed by atoms with Crippen molar-refractivity contribution in [3.63, 3.8) is 0 Å². The van der Waals surface area contributed by atoms with Crippen LogP contribution in [0.15, 0.2) is 30.5 Å². The van der Waals surface area contributed by atoms with Crippen molar-refractivity contribution >= 4 is 0 Å². The largest absolute Gasteiger partial charge is 0.342 e. The minimum Gasteiger partial charge on any atom is -0.342 e. The van der Waals surface area contributed by atoms with Crippen LogP contribution in [0.4, 0.5) is 0 Å². The van der Waals surface area contributed by atoms with Crippen molar-refractivity contribution < 1.29 is 0 Å². The molecular formula is C12H11N2. The van der Waals surface area contributed by atoms with E-state index >= 15 is 0 Å². The van der Waals surface area contributed by atoms with E-state index in [0.717, 1.165) is 5.69 Å². The van der Waals surface area contributed by atoms with Crippen molar-refractivity contribution in [2.75, 3.05) is 0 Å². The van der Waals surface area contributed by atoms with Crippen LogP contribution in [-0.2, 0) is 6.42 Å². The van der Waals surface area contributed by atoms with Gasteiger partial charge in [-0.2, -0.15) is 0 Å². The Hall–Kier alpha value is -1.57. The number of imidazole rings is 1. The molecule has 0 bridgehead atoms. The maximum atomic E-state index is 4.22. The molecule has 0 saturated heterocycles. The number of aryl methyl sites for hydroxylation is 1. The topological polar surface area (TPSA) is 28.7 Å². The molecule has 0 fully saturated rings. The zero-order chi connectivity index (χ0) is 9.38. The lowest BCUT2D eigenvalue weighted by Gasteiger charge is -2.07. The fraction of sp³-hybridized carbons (Fsp3) is 0.250. The summed E-state index contributed by atoms with van der Waals surface area (Å²) in [5, 5.41) is 0. The quantitative estimate of drug-likeness (QED) is 0.722. The number of hydrogen-bond donors (Lipinski definition) is 1. The second-order valence-corrected chi connectivity index (χ2v) is 3.73. The molecular weight excluding hydrogens is 172 g/mol. The first-order valence-corrected chi connectivity index (χ1v) is 4.94. The van der Waals surface area contributed by atoms with Gasteiger partial charge >= 0.3 is 0 Å². The Morgan fingerprint density at radius 2 is 2.29 bits per heavy atom. The van der Waals surface area contributed by atoms with E-state index in [-0.39, 0.29) is 0 Å². The lowest BCUT2D eigenvalue weighted by Crippen LogP contribution is -1.95. The predicted octanol–water partition coefficient (Wildman–Crippen LogP) is 2.29. The number of benzene rings is 1. The molecule has 1 atom stereocenters. The third-order valence-corrected chi connectivity index (χ3v) is 2.96. The summed E-state index contributed by atoms with van der Waals surface area (Å²) in [4.78, 5) is 7.12. The average Bonchev–Trinajstić information content (AvgIpc) is 2.85. The van der Waals surface area contributed by atoms with Gasteiger partial charge in [0.1, 0.15) is 0 Å². The van der Waals surface area contributed by atoms with Gasteiger partial charge in [-0.15, -0.1) is 0 Å². The Labute approximate surface area is 83.0 Å². The van der Waals surface area contributed by atoms with Crippen LogP contribution in [0.2, 0.25) is 0 Å². The number of aromatic amines is 1. The highest BCUT2D eigenvalue weighted by Gasteiger charge is 2.24. The number of nitrogens with zero attached hydrogens (tertiary/aromatic N) is 1. The Bertz CT molecular complexity index is 431. The summed E-state index contributed by atoms with van der Waals surface area (Å²) >= 11 is 0. The van der Waals surface area contributed by atoms with Gasteiger partial charge in [-0.1, -0.05) is 24.3 Å². The van der Waals surface area contributed by atoms with E-state index in [1.807, 2.05) is 6.20 Å². The van der Waals surface area contributed by atoms with Crippen LogP contribution < -0.4 is 0 Å². The highest BCUT2D eigenvalue weighted by atomic mass is 14.9. The summed E-state index contributed by atoms with van der Waals surface area (Å²) < 4.78 is 0. The molecule has 0 spiro atoms. The SMILES string of the molecule is [c]1nc(C2CCc3ccccc32)c[nH]1. The second kappa shape index (κ2) is 2.98. The van der Waals surface area contributed by atoms with Gasteiger partial charge in [-0.25, -0.2) is 4.98 Å². The normalized spacial score (nSPS) is 19.6. The molecule has 2 heteroatoms. The number of H-pyrrole nitrogens is 1. The number of hydrogen-bond acceptors (Lipinski definition) is 1. The Morgan fingerprint density at radius 3 is 3.14 bits per heavy atom. The molecule has 1 aromatic carbocycles. The summed E-state index contributed by atoms with van der Waals surface area (Å²) in [5.41, 5.74) is 4.03. The molecule has 1 N–H and O–H groups in total. The Kier molecular flexibility index (Phi) is 1.66. The van der Waals surface area contributed by atoms with Gasteiger partial charge in [0.15, 0.2) is 6.33 Å². The van der Waals surface area contributed by atoms with Crippen molar-refractivity contribution in [2.45, 2.75) is 18.8 Å². The van der Waals surface area contributed by atoms with Crippen molar-refractivity contribution in [2.24, 2.45) is 0 Å². The number of fused-ring (bicyclic) bond motifs is 1. The maximum absolute atomic E-state index is 4.22. The van der Waals surface area contributed by atoms with E-state index in [1.165, 1.54) is 24.0 Å². The molecule has 0 aliphatic heterocycles. The monoisotopic (exact) mass is 183 g/mol. The van der Waals surface area contributed by atoms with Gasteiger partial charge in [0.25, 0.3) is 0 Å². The molecule has 1 unspecified atom stereocenters. The molecule has 1 aliphatic rings. The number of rotatable bonds is 1. The predicted molar refractivity (Wildman–Crippen MR) is 54.0 cm³/mol. The first-order valence-electron chi connectivity index (χ1n) is 4.94. The van der Waals surface area contributed by atoms with Crippen LogP contribution in [-0.4, -0.2) is 9.97 Å². The van der Waals surface area contributed by atoms with Gasteiger partial charge in [0.05, 0.1) is 5.69 Å². The van der Waals surface area contributed by atoms with Gasteiger partial charge < -0.3 is 4.98 Å². The maximum Gasteiger partial charge on any atom is 0.173 e. The van der Waals surface area contributed by atoms with Crippen molar-refractivity contribution in [3.8, 4) is 0 Å². The van der Waals surface area contributed by atoms with Gasteiger partial charge in [-0.3, -0.25) is 0 Å². The molecule has 1 heterocycles. The zero-order valence-corrected chi connectivity index (χ0v) is 7.83. The standard InChI is InChI=1S/C12H11N2/c1-2-4-10-9(3-1)5-6-11(10)12-7-13-8-14-12/h1-4,7,11H,5-6H2,(H,13,14). The summed E-state index contributed by atoms with van der Waals surface area (Å²) in [6.45, 7) is 0. The Morgan fingerprint density at radius 1 is 1.36 bits per heavy atom.